The van der Waals surface area contributed by atoms with E-state index in [0.717, 1.165) is 0 Å². The Labute approximate surface area is 94.6 Å². The molecule has 1 aromatic carbocycles. The Balaban J connectivity index is 2.63. The number of halogens is 3. The topological polar surface area (TPSA) is 17.1 Å². The molecule has 0 N–H and O–H groups in total. The van der Waals surface area contributed by atoms with Crippen molar-refractivity contribution in [2.24, 2.45) is 0 Å². The van der Waals surface area contributed by atoms with Crippen molar-refractivity contribution < 1.29 is 13.6 Å². The molecule has 1 atom stereocenters. The van der Waals surface area contributed by atoms with Gasteiger partial charge in [-0.2, -0.15) is 0 Å². The van der Waals surface area contributed by atoms with Gasteiger partial charge < -0.3 is 4.79 Å². The second-order valence-electron chi connectivity index (χ2n) is 3.73. The van der Waals surface area contributed by atoms with Crippen LogP contribution in [0.1, 0.15) is 24.0 Å². The minimum atomic E-state index is -2.82. The van der Waals surface area contributed by atoms with Crippen molar-refractivity contribution in [1.29, 1.82) is 0 Å². The molecule has 0 heterocycles. The molecule has 0 bridgehead atoms. The highest BCUT2D eigenvalue weighted by molar-refractivity contribution is 9.10. The molecule has 1 unspecified atom stereocenters. The smallest absolute Gasteiger partial charge is 0.273 e. The third-order valence-corrected chi connectivity index (χ3v) is 3.77. The molecule has 15 heavy (non-hydrogen) atoms. The van der Waals surface area contributed by atoms with Crippen LogP contribution in [-0.2, 0) is 15.0 Å². The van der Waals surface area contributed by atoms with Gasteiger partial charge in [0, 0.05) is 12.0 Å². The molecule has 0 amide bonds. The molecule has 1 nitrogen and oxygen atoms in total. The molecular weight excluding hydrogens is 266 g/mol. The molecule has 80 valence electrons. The van der Waals surface area contributed by atoms with Gasteiger partial charge in [-0.1, -0.05) is 40.2 Å². The molecule has 0 saturated heterocycles. The first-order valence-corrected chi connectivity index (χ1v) is 5.42. The lowest BCUT2D eigenvalue weighted by Gasteiger charge is -2.34. The molecule has 0 spiro atoms. The zero-order valence-corrected chi connectivity index (χ0v) is 9.43. The van der Waals surface area contributed by atoms with Crippen molar-refractivity contribution in [2.75, 3.05) is 0 Å². The van der Waals surface area contributed by atoms with Crippen LogP contribution in [0.15, 0.2) is 24.3 Å². The minimum absolute atomic E-state index is 0.0415. The fourth-order valence-electron chi connectivity index (χ4n) is 1.90. The number of fused-ring (bicyclic) bond motifs is 1. The first kappa shape index (κ1) is 10.7. The van der Waals surface area contributed by atoms with Crippen LogP contribution in [0.3, 0.4) is 0 Å². The monoisotopic (exact) mass is 274 g/mol. The lowest BCUT2D eigenvalue weighted by molar-refractivity contribution is -0.111. The molecule has 1 aliphatic carbocycles. The molecule has 0 saturated carbocycles. The quantitative estimate of drug-likeness (QED) is 0.567. The number of benzene rings is 1. The summed E-state index contributed by atoms with van der Waals surface area (Å²) in [4.78, 5) is 11.0. The van der Waals surface area contributed by atoms with Gasteiger partial charge in [0.05, 0.1) is 0 Å². The van der Waals surface area contributed by atoms with E-state index in [4.69, 9.17) is 0 Å². The predicted molar refractivity (Wildman–Crippen MR) is 56.2 cm³/mol. The molecule has 1 aromatic rings. The Kier molecular flexibility index (Phi) is 2.41. The van der Waals surface area contributed by atoms with Crippen LogP contribution >= 0.6 is 15.9 Å². The van der Waals surface area contributed by atoms with E-state index in [-0.39, 0.29) is 18.4 Å². The van der Waals surface area contributed by atoms with Crippen molar-refractivity contribution in [3.8, 4) is 0 Å². The maximum absolute atomic E-state index is 13.5. The van der Waals surface area contributed by atoms with Gasteiger partial charge in [-0.3, -0.25) is 0 Å². The van der Waals surface area contributed by atoms with E-state index in [1.54, 1.807) is 18.2 Å². The first-order chi connectivity index (χ1) is 6.99. The fraction of sp³-hybridized carbons (Fsp3) is 0.364. The van der Waals surface area contributed by atoms with Gasteiger partial charge in [0.15, 0.2) is 0 Å². The van der Waals surface area contributed by atoms with Crippen molar-refractivity contribution in [2.45, 2.75) is 23.1 Å². The maximum atomic E-state index is 13.5. The summed E-state index contributed by atoms with van der Waals surface area (Å²) in [5.74, 6) is -2.82. The van der Waals surface area contributed by atoms with E-state index in [2.05, 4.69) is 15.9 Å². The summed E-state index contributed by atoms with van der Waals surface area (Å²) < 4.78 is 26.1. The lowest BCUT2D eigenvalue weighted by Crippen LogP contribution is -2.33. The molecular formula is C11H9BrF2O. The number of hydrogen-bond donors (Lipinski definition) is 0. The van der Waals surface area contributed by atoms with Crippen molar-refractivity contribution in [3.05, 3.63) is 35.4 Å². The standard InChI is InChI=1S/C11H9BrF2O/c12-10(7-15)5-6-11(13,14)9-4-2-1-3-8(9)10/h1-4,7H,5-6H2. The highest BCUT2D eigenvalue weighted by atomic mass is 79.9. The van der Waals surface area contributed by atoms with Gasteiger partial charge in [-0.25, -0.2) is 8.78 Å². The number of carbonyl (C=O) groups excluding carboxylic acids is 1. The van der Waals surface area contributed by atoms with Crippen molar-refractivity contribution >= 4 is 22.2 Å². The van der Waals surface area contributed by atoms with E-state index in [9.17, 15) is 13.6 Å². The van der Waals surface area contributed by atoms with E-state index in [1.807, 2.05) is 0 Å². The van der Waals surface area contributed by atoms with Gasteiger partial charge in [0.2, 0.25) is 0 Å². The van der Waals surface area contributed by atoms with Crippen LogP contribution < -0.4 is 0 Å². The summed E-state index contributed by atoms with van der Waals surface area (Å²) in [6.45, 7) is 0. The second-order valence-corrected chi connectivity index (χ2v) is 5.15. The predicted octanol–water partition coefficient (Wildman–Crippen LogP) is 3.36. The second kappa shape index (κ2) is 3.37. The Morgan fingerprint density at radius 2 is 1.80 bits per heavy atom. The van der Waals surface area contributed by atoms with Crippen LogP contribution in [0.2, 0.25) is 0 Å². The average Bonchev–Trinajstić information content (AvgIpc) is 2.25. The number of carbonyl (C=O) groups is 1. The van der Waals surface area contributed by atoms with E-state index < -0.39 is 10.2 Å². The van der Waals surface area contributed by atoms with Gasteiger partial charge in [-0.05, 0) is 12.0 Å². The Morgan fingerprint density at radius 3 is 2.40 bits per heavy atom. The average molecular weight is 275 g/mol. The molecule has 0 aliphatic heterocycles. The summed E-state index contributed by atoms with van der Waals surface area (Å²) in [7, 11) is 0. The van der Waals surface area contributed by atoms with Crippen LogP contribution in [0.4, 0.5) is 8.78 Å². The Morgan fingerprint density at radius 1 is 1.20 bits per heavy atom. The number of hydrogen-bond acceptors (Lipinski definition) is 1. The molecule has 1 aliphatic rings. The first-order valence-electron chi connectivity index (χ1n) is 4.63. The summed E-state index contributed by atoms with van der Waals surface area (Å²) in [5.41, 5.74) is 0.344. The lowest BCUT2D eigenvalue weighted by atomic mass is 9.81. The van der Waals surface area contributed by atoms with E-state index >= 15 is 0 Å². The van der Waals surface area contributed by atoms with E-state index in [0.29, 0.717) is 11.8 Å². The summed E-state index contributed by atoms with van der Waals surface area (Å²) in [6, 6.07) is 6.19. The number of rotatable bonds is 1. The largest absolute Gasteiger partial charge is 0.301 e. The zero-order valence-electron chi connectivity index (χ0n) is 7.84. The van der Waals surface area contributed by atoms with Crippen LogP contribution in [0.25, 0.3) is 0 Å². The van der Waals surface area contributed by atoms with Crippen molar-refractivity contribution in [1.82, 2.24) is 0 Å². The minimum Gasteiger partial charge on any atom is -0.301 e. The van der Waals surface area contributed by atoms with Crippen LogP contribution in [0.5, 0.6) is 0 Å². The summed E-state index contributed by atoms with van der Waals surface area (Å²) in [5, 5.41) is 0. The van der Waals surface area contributed by atoms with Crippen LogP contribution in [0, 0.1) is 0 Å². The van der Waals surface area contributed by atoms with E-state index in [1.165, 1.54) is 6.07 Å². The molecule has 2 rings (SSSR count). The van der Waals surface area contributed by atoms with Crippen molar-refractivity contribution in [3.63, 3.8) is 0 Å². The van der Waals surface area contributed by atoms with Crippen LogP contribution in [-0.4, -0.2) is 6.29 Å². The molecule has 0 aromatic heterocycles. The highest BCUT2D eigenvalue weighted by Crippen LogP contribution is 2.49. The SMILES string of the molecule is O=CC1(Br)CCC(F)(F)c2ccccc21. The molecule has 0 radical (unpaired) electrons. The highest BCUT2D eigenvalue weighted by Gasteiger charge is 2.46. The number of alkyl halides is 3. The third kappa shape index (κ3) is 1.61. The Hall–Kier alpha value is -0.770. The number of aldehydes is 1. The normalized spacial score (nSPS) is 28.2. The van der Waals surface area contributed by atoms with Gasteiger partial charge in [-0.15, -0.1) is 0 Å². The van der Waals surface area contributed by atoms with Gasteiger partial charge in [0.1, 0.15) is 10.6 Å². The third-order valence-electron chi connectivity index (χ3n) is 2.76. The fourth-order valence-corrected chi connectivity index (χ4v) is 2.44. The zero-order chi connectivity index (χ0) is 11.1. The summed E-state index contributed by atoms with van der Waals surface area (Å²) >= 11 is 3.24. The summed E-state index contributed by atoms with van der Waals surface area (Å²) in [6.07, 6.45) is 0.523. The van der Waals surface area contributed by atoms with Gasteiger partial charge in [0.25, 0.3) is 5.92 Å². The Bertz CT molecular complexity index is 405. The van der Waals surface area contributed by atoms with Gasteiger partial charge >= 0.3 is 0 Å². The maximum Gasteiger partial charge on any atom is 0.273 e. The molecule has 4 heteroatoms. The molecule has 0 fully saturated rings.